The van der Waals surface area contributed by atoms with E-state index in [0.29, 0.717) is 25.1 Å². The van der Waals surface area contributed by atoms with Gasteiger partial charge in [-0.25, -0.2) is 0 Å². The first-order valence-corrected chi connectivity index (χ1v) is 7.09. The summed E-state index contributed by atoms with van der Waals surface area (Å²) in [5, 5.41) is 13.2. The van der Waals surface area contributed by atoms with Crippen molar-refractivity contribution in [2.45, 2.75) is 46.3 Å². The van der Waals surface area contributed by atoms with Gasteiger partial charge in [0.1, 0.15) is 18.5 Å². The molecule has 0 aliphatic heterocycles. The van der Waals surface area contributed by atoms with Crippen molar-refractivity contribution in [2.24, 2.45) is 5.92 Å². The van der Waals surface area contributed by atoms with Gasteiger partial charge in [0, 0.05) is 12.6 Å². The smallest absolute Gasteiger partial charge is 0.122 e. The van der Waals surface area contributed by atoms with Crippen LogP contribution in [-0.4, -0.2) is 30.4 Å². The van der Waals surface area contributed by atoms with E-state index >= 15 is 0 Å². The Bertz CT molecular complexity index is 366. The van der Waals surface area contributed by atoms with Crippen molar-refractivity contribution in [1.82, 2.24) is 5.32 Å². The minimum absolute atomic E-state index is 0.326. The van der Waals surface area contributed by atoms with Gasteiger partial charge >= 0.3 is 0 Å². The Kier molecular flexibility index (Phi) is 6.89. The SMILES string of the molecule is Cc1ccccc1OCC(O)CNC(C)CC(C)C. The van der Waals surface area contributed by atoms with Gasteiger partial charge in [0.25, 0.3) is 0 Å². The van der Waals surface area contributed by atoms with Crippen molar-refractivity contribution in [3.8, 4) is 5.75 Å². The Hall–Kier alpha value is -1.06. The molecule has 0 aliphatic rings. The van der Waals surface area contributed by atoms with Crippen LogP contribution >= 0.6 is 0 Å². The molecule has 19 heavy (non-hydrogen) atoms. The Balaban J connectivity index is 2.25. The molecule has 0 amide bonds. The third-order valence-electron chi connectivity index (χ3n) is 3.05. The molecule has 1 aromatic rings. The zero-order valence-corrected chi connectivity index (χ0v) is 12.5. The molecule has 1 rings (SSSR count). The van der Waals surface area contributed by atoms with Crippen LogP contribution in [0.15, 0.2) is 24.3 Å². The number of ether oxygens (including phenoxy) is 1. The number of aliphatic hydroxyl groups is 1. The highest BCUT2D eigenvalue weighted by Gasteiger charge is 2.09. The van der Waals surface area contributed by atoms with Gasteiger partial charge in [0.2, 0.25) is 0 Å². The Morgan fingerprint density at radius 3 is 2.53 bits per heavy atom. The predicted octanol–water partition coefficient (Wildman–Crippen LogP) is 2.76. The Morgan fingerprint density at radius 1 is 1.21 bits per heavy atom. The van der Waals surface area contributed by atoms with Gasteiger partial charge in [0.15, 0.2) is 0 Å². The van der Waals surface area contributed by atoms with Crippen LogP contribution in [0, 0.1) is 12.8 Å². The second kappa shape index (κ2) is 8.18. The molecule has 0 spiro atoms. The molecule has 3 nitrogen and oxygen atoms in total. The molecule has 0 aliphatic carbocycles. The van der Waals surface area contributed by atoms with Crippen molar-refractivity contribution < 1.29 is 9.84 Å². The fourth-order valence-corrected chi connectivity index (χ4v) is 2.09. The van der Waals surface area contributed by atoms with Crippen LogP contribution in [-0.2, 0) is 0 Å². The van der Waals surface area contributed by atoms with Crippen molar-refractivity contribution in [1.29, 1.82) is 0 Å². The van der Waals surface area contributed by atoms with E-state index < -0.39 is 6.10 Å². The van der Waals surface area contributed by atoms with Crippen LogP contribution in [0.1, 0.15) is 32.8 Å². The van der Waals surface area contributed by atoms with Crippen LogP contribution in [0.5, 0.6) is 5.75 Å². The van der Waals surface area contributed by atoms with E-state index in [2.05, 4.69) is 26.1 Å². The van der Waals surface area contributed by atoms with Crippen molar-refractivity contribution in [2.75, 3.05) is 13.2 Å². The first-order valence-electron chi connectivity index (χ1n) is 7.09. The number of para-hydroxylation sites is 1. The molecule has 0 aromatic heterocycles. The summed E-state index contributed by atoms with van der Waals surface area (Å²) in [4.78, 5) is 0. The second-order valence-electron chi connectivity index (χ2n) is 5.67. The summed E-state index contributed by atoms with van der Waals surface area (Å²) in [5.41, 5.74) is 1.09. The van der Waals surface area contributed by atoms with E-state index in [4.69, 9.17) is 4.74 Å². The van der Waals surface area contributed by atoms with Gasteiger partial charge in [-0.05, 0) is 37.8 Å². The van der Waals surface area contributed by atoms with E-state index in [0.717, 1.165) is 17.7 Å². The zero-order chi connectivity index (χ0) is 14.3. The van der Waals surface area contributed by atoms with E-state index in [-0.39, 0.29) is 0 Å². The lowest BCUT2D eigenvalue weighted by Crippen LogP contribution is -2.37. The van der Waals surface area contributed by atoms with Crippen molar-refractivity contribution in [3.63, 3.8) is 0 Å². The van der Waals surface area contributed by atoms with E-state index in [1.165, 1.54) is 0 Å². The van der Waals surface area contributed by atoms with Gasteiger partial charge in [-0.3, -0.25) is 0 Å². The number of aliphatic hydroxyl groups excluding tert-OH is 1. The molecule has 2 N–H and O–H groups in total. The standard InChI is InChI=1S/C16H27NO2/c1-12(2)9-14(4)17-10-15(18)11-19-16-8-6-5-7-13(16)3/h5-8,12,14-15,17-18H,9-11H2,1-4H3. The highest BCUT2D eigenvalue weighted by atomic mass is 16.5. The summed E-state index contributed by atoms with van der Waals surface area (Å²) in [7, 11) is 0. The second-order valence-corrected chi connectivity index (χ2v) is 5.67. The van der Waals surface area contributed by atoms with Gasteiger partial charge in [-0.2, -0.15) is 0 Å². The lowest BCUT2D eigenvalue weighted by molar-refractivity contribution is 0.103. The maximum Gasteiger partial charge on any atom is 0.122 e. The average Bonchev–Trinajstić information content (AvgIpc) is 2.34. The maximum atomic E-state index is 9.90. The quantitative estimate of drug-likeness (QED) is 0.759. The average molecular weight is 265 g/mol. The number of nitrogens with one attached hydrogen (secondary N) is 1. The molecule has 0 radical (unpaired) electrons. The van der Waals surface area contributed by atoms with Crippen LogP contribution in [0.4, 0.5) is 0 Å². The van der Waals surface area contributed by atoms with Crippen LogP contribution in [0.25, 0.3) is 0 Å². The summed E-state index contributed by atoms with van der Waals surface area (Å²) in [6.07, 6.45) is 0.639. The molecule has 2 unspecified atom stereocenters. The van der Waals surface area contributed by atoms with Gasteiger partial charge < -0.3 is 15.2 Å². The van der Waals surface area contributed by atoms with Crippen LogP contribution < -0.4 is 10.1 Å². The minimum Gasteiger partial charge on any atom is -0.491 e. The summed E-state index contributed by atoms with van der Waals surface area (Å²) >= 11 is 0. The van der Waals surface area contributed by atoms with Crippen LogP contribution in [0.2, 0.25) is 0 Å². The Morgan fingerprint density at radius 2 is 1.89 bits per heavy atom. The number of aryl methyl sites for hydroxylation is 1. The Labute approximate surface area is 117 Å². The zero-order valence-electron chi connectivity index (χ0n) is 12.5. The summed E-state index contributed by atoms with van der Waals surface area (Å²) in [6.45, 7) is 9.46. The van der Waals surface area contributed by atoms with E-state index in [1.807, 2.05) is 31.2 Å². The molecule has 0 heterocycles. The summed E-state index contributed by atoms with van der Waals surface area (Å²) in [6, 6.07) is 8.28. The normalized spacial score (nSPS) is 14.4. The number of hydrogen-bond acceptors (Lipinski definition) is 3. The molecular formula is C16H27NO2. The highest BCUT2D eigenvalue weighted by molar-refractivity contribution is 5.31. The lowest BCUT2D eigenvalue weighted by Gasteiger charge is -2.19. The van der Waals surface area contributed by atoms with Gasteiger partial charge in [-0.15, -0.1) is 0 Å². The molecule has 0 fully saturated rings. The lowest BCUT2D eigenvalue weighted by atomic mass is 10.1. The molecule has 0 bridgehead atoms. The fourth-order valence-electron chi connectivity index (χ4n) is 2.09. The topological polar surface area (TPSA) is 41.5 Å². The van der Waals surface area contributed by atoms with E-state index in [9.17, 15) is 5.11 Å². The number of hydrogen-bond donors (Lipinski definition) is 2. The monoisotopic (exact) mass is 265 g/mol. The third-order valence-corrected chi connectivity index (χ3v) is 3.05. The summed E-state index contributed by atoms with van der Waals surface area (Å²) in [5.74, 6) is 1.51. The van der Waals surface area contributed by atoms with Crippen molar-refractivity contribution >= 4 is 0 Å². The van der Waals surface area contributed by atoms with Crippen molar-refractivity contribution in [3.05, 3.63) is 29.8 Å². The largest absolute Gasteiger partial charge is 0.491 e. The fraction of sp³-hybridized carbons (Fsp3) is 0.625. The molecule has 3 heteroatoms. The molecule has 0 saturated heterocycles. The molecular weight excluding hydrogens is 238 g/mol. The molecule has 2 atom stereocenters. The van der Waals surface area contributed by atoms with Gasteiger partial charge in [0.05, 0.1) is 0 Å². The molecule has 1 aromatic carbocycles. The number of benzene rings is 1. The van der Waals surface area contributed by atoms with Gasteiger partial charge in [-0.1, -0.05) is 32.0 Å². The minimum atomic E-state index is -0.478. The number of rotatable bonds is 8. The first kappa shape index (κ1) is 16.0. The molecule has 0 saturated carbocycles. The van der Waals surface area contributed by atoms with Crippen LogP contribution in [0.3, 0.4) is 0 Å². The summed E-state index contributed by atoms with van der Waals surface area (Å²) < 4.78 is 5.62. The predicted molar refractivity (Wildman–Crippen MR) is 79.6 cm³/mol. The maximum absolute atomic E-state index is 9.90. The third kappa shape index (κ3) is 6.60. The highest BCUT2D eigenvalue weighted by Crippen LogP contribution is 2.16. The first-order chi connectivity index (χ1) is 8.99. The van der Waals surface area contributed by atoms with E-state index in [1.54, 1.807) is 0 Å². The molecule has 108 valence electrons.